The molecule has 2 heterocycles. The van der Waals surface area contributed by atoms with Crippen LogP contribution < -0.4 is 5.32 Å². The summed E-state index contributed by atoms with van der Waals surface area (Å²) < 4.78 is 48.8. The van der Waals surface area contributed by atoms with Crippen molar-refractivity contribution in [3.05, 3.63) is 59.5 Å². The van der Waals surface area contributed by atoms with E-state index in [9.17, 15) is 18.0 Å². The molecule has 1 atom stereocenters. The van der Waals surface area contributed by atoms with Crippen molar-refractivity contribution in [1.29, 1.82) is 0 Å². The molecule has 0 aliphatic carbocycles. The lowest BCUT2D eigenvalue weighted by Gasteiger charge is -2.35. The molecule has 1 N–H and O–H groups in total. The molecule has 26 heavy (non-hydrogen) atoms. The zero-order chi connectivity index (χ0) is 18.6. The Morgan fingerprint density at radius 3 is 2.42 bits per heavy atom. The Kier molecular flexibility index (Phi) is 5.63. The van der Waals surface area contributed by atoms with Gasteiger partial charge in [0.15, 0.2) is 5.76 Å². The summed E-state index contributed by atoms with van der Waals surface area (Å²) in [7, 11) is 0. The molecule has 1 aromatic heterocycles. The third-order valence-corrected chi connectivity index (χ3v) is 4.31. The fourth-order valence-corrected chi connectivity index (χ4v) is 2.93. The molecule has 0 saturated carbocycles. The maximum absolute atomic E-state index is 12.8. The van der Waals surface area contributed by atoms with Crippen LogP contribution in [-0.4, -0.2) is 43.7 Å². The first-order chi connectivity index (χ1) is 12.4. The van der Waals surface area contributed by atoms with Gasteiger partial charge in [-0.25, -0.2) is 0 Å². The lowest BCUT2D eigenvalue weighted by Crippen LogP contribution is -2.43. The van der Waals surface area contributed by atoms with Crippen LogP contribution in [0.25, 0.3) is 0 Å². The lowest BCUT2D eigenvalue weighted by atomic mass is 10.0. The normalized spacial score (nSPS) is 17.0. The number of hydrogen-bond acceptors (Lipinski definition) is 4. The molecule has 1 amide bonds. The molecular weight excluding hydrogens is 349 g/mol. The quantitative estimate of drug-likeness (QED) is 0.881. The van der Waals surface area contributed by atoms with E-state index in [1.54, 1.807) is 12.1 Å². The van der Waals surface area contributed by atoms with E-state index in [0.29, 0.717) is 31.9 Å². The molecule has 3 rings (SSSR count). The molecule has 1 aliphatic rings. The van der Waals surface area contributed by atoms with Crippen molar-refractivity contribution in [2.75, 3.05) is 32.8 Å². The molecule has 1 fully saturated rings. The fourth-order valence-electron chi connectivity index (χ4n) is 2.93. The van der Waals surface area contributed by atoms with Gasteiger partial charge in [-0.05, 0) is 29.8 Å². The highest BCUT2D eigenvalue weighted by molar-refractivity contribution is 5.91. The molecule has 140 valence electrons. The minimum absolute atomic E-state index is 0.193. The number of hydrogen-bond donors (Lipinski definition) is 1. The van der Waals surface area contributed by atoms with Crippen LogP contribution in [0.3, 0.4) is 0 Å². The van der Waals surface area contributed by atoms with Gasteiger partial charge in [0.1, 0.15) is 0 Å². The fraction of sp³-hybridized carbons (Fsp3) is 0.389. The van der Waals surface area contributed by atoms with Gasteiger partial charge in [-0.1, -0.05) is 12.1 Å². The van der Waals surface area contributed by atoms with Crippen molar-refractivity contribution in [1.82, 2.24) is 10.2 Å². The van der Waals surface area contributed by atoms with Crippen molar-refractivity contribution < 1.29 is 27.1 Å². The standard InChI is InChI=1S/C18H19F3N2O3/c19-18(20,21)14-5-3-13(4-6-14)15(23-7-10-25-11-8-23)12-22-17(24)16-2-1-9-26-16/h1-6,9,15H,7-8,10-12H2,(H,22,24)/t15-/m1/s1. The minimum atomic E-state index is -4.37. The van der Waals surface area contributed by atoms with Crippen LogP contribution in [0.1, 0.15) is 27.7 Å². The van der Waals surface area contributed by atoms with Crippen LogP contribution in [-0.2, 0) is 10.9 Å². The van der Waals surface area contributed by atoms with Gasteiger partial charge in [0.2, 0.25) is 0 Å². The number of nitrogens with zero attached hydrogens (tertiary/aromatic N) is 1. The van der Waals surface area contributed by atoms with Crippen LogP contribution in [0.15, 0.2) is 47.1 Å². The third kappa shape index (κ3) is 4.44. The molecule has 0 spiro atoms. The molecule has 2 aromatic rings. The zero-order valence-electron chi connectivity index (χ0n) is 14.0. The maximum Gasteiger partial charge on any atom is 0.416 e. The van der Waals surface area contributed by atoms with Crippen molar-refractivity contribution in [3.63, 3.8) is 0 Å². The average molecular weight is 368 g/mol. The van der Waals surface area contributed by atoms with Crippen molar-refractivity contribution >= 4 is 5.91 Å². The number of benzene rings is 1. The van der Waals surface area contributed by atoms with Gasteiger partial charge in [0.25, 0.3) is 5.91 Å². The summed E-state index contributed by atoms with van der Waals surface area (Å²) in [4.78, 5) is 14.2. The number of ether oxygens (including phenoxy) is 1. The molecule has 0 radical (unpaired) electrons. The largest absolute Gasteiger partial charge is 0.459 e. The number of amides is 1. The maximum atomic E-state index is 12.8. The van der Waals surface area contributed by atoms with E-state index in [2.05, 4.69) is 10.2 Å². The monoisotopic (exact) mass is 368 g/mol. The second kappa shape index (κ2) is 7.92. The number of halogens is 3. The Balaban J connectivity index is 1.75. The summed E-state index contributed by atoms with van der Waals surface area (Å²) in [5.41, 5.74) is 0.0150. The Hall–Kier alpha value is -2.32. The summed E-state index contributed by atoms with van der Waals surface area (Å²) >= 11 is 0. The number of furan rings is 1. The van der Waals surface area contributed by atoms with Crippen LogP contribution in [0.2, 0.25) is 0 Å². The van der Waals surface area contributed by atoms with Gasteiger partial charge < -0.3 is 14.5 Å². The lowest BCUT2D eigenvalue weighted by molar-refractivity contribution is -0.137. The molecular formula is C18H19F3N2O3. The Bertz CT molecular complexity index is 708. The van der Waals surface area contributed by atoms with Gasteiger partial charge in [0, 0.05) is 19.6 Å². The number of rotatable bonds is 5. The highest BCUT2D eigenvalue weighted by atomic mass is 19.4. The first kappa shape index (κ1) is 18.5. The summed E-state index contributed by atoms with van der Waals surface area (Å²) in [6.07, 6.45) is -2.97. The third-order valence-electron chi connectivity index (χ3n) is 4.31. The van der Waals surface area contributed by atoms with Crippen LogP contribution in [0.5, 0.6) is 0 Å². The first-order valence-corrected chi connectivity index (χ1v) is 8.26. The van der Waals surface area contributed by atoms with Crippen LogP contribution in [0, 0.1) is 0 Å². The number of carbonyl (C=O) groups is 1. The first-order valence-electron chi connectivity index (χ1n) is 8.26. The second-order valence-electron chi connectivity index (χ2n) is 5.97. The molecule has 0 unspecified atom stereocenters. The molecule has 1 aromatic carbocycles. The summed E-state index contributed by atoms with van der Waals surface area (Å²) in [6, 6.07) is 7.97. The minimum Gasteiger partial charge on any atom is -0.459 e. The number of carbonyl (C=O) groups excluding carboxylic acids is 1. The second-order valence-corrected chi connectivity index (χ2v) is 5.97. The molecule has 1 aliphatic heterocycles. The highest BCUT2D eigenvalue weighted by Crippen LogP contribution is 2.31. The molecule has 0 bridgehead atoms. The summed E-state index contributed by atoms with van der Waals surface area (Å²) in [5, 5.41) is 2.79. The number of alkyl halides is 3. The van der Waals surface area contributed by atoms with E-state index < -0.39 is 11.7 Å². The predicted octanol–water partition coefficient (Wildman–Crippen LogP) is 3.10. The Morgan fingerprint density at radius 1 is 1.15 bits per heavy atom. The van der Waals surface area contributed by atoms with E-state index in [0.717, 1.165) is 12.1 Å². The SMILES string of the molecule is O=C(NC[C@H](c1ccc(C(F)(F)F)cc1)N1CCOCC1)c1ccco1. The van der Waals surface area contributed by atoms with Crippen LogP contribution >= 0.6 is 0 Å². The van der Waals surface area contributed by atoms with E-state index in [4.69, 9.17) is 9.15 Å². The molecule has 1 saturated heterocycles. The summed E-state index contributed by atoms with van der Waals surface area (Å²) in [6.45, 7) is 2.63. The van der Waals surface area contributed by atoms with Gasteiger partial charge in [-0.3, -0.25) is 9.69 Å². The Labute approximate surface area is 148 Å². The highest BCUT2D eigenvalue weighted by Gasteiger charge is 2.31. The van der Waals surface area contributed by atoms with E-state index in [1.807, 2.05) is 0 Å². The van der Waals surface area contributed by atoms with Crippen molar-refractivity contribution in [2.24, 2.45) is 0 Å². The topological polar surface area (TPSA) is 54.7 Å². The zero-order valence-corrected chi connectivity index (χ0v) is 14.0. The summed E-state index contributed by atoms with van der Waals surface area (Å²) in [5.74, 6) is -0.168. The average Bonchev–Trinajstić information content (AvgIpc) is 3.17. The van der Waals surface area contributed by atoms with E-state index >= 15 is 0 Å². The van der Waals surface area contributed by atoms with Crippen molar-refractivity contribution in [2.45, 2.75) is 12.2 Å². The van der Waals surface area contributed by atoms with E-state index in [-0.39, 0.29) is 24.3 Å². The Morgan fingerprint density at radius 2 is 1.85 bits per heavy atom. The van der Waals surface area contributed by atoms with Crippen LogP contribution in [0.4, 0.5) is 13.2 Å². The van der Waals surface area contributed by atoms with Gasteiger partial charge in [-0.15, -0.1) is 0 Å². The van der Waals surface area contributed by atoms with Gasteiger partial charge in [0.05, 0.1) is 31.1 Å². The van der Waals surface area contributed by atoms with Gasteiger partial charge >= 0.3 is 6.18 Å². The van der Waals surface area contributed by atoms with Gasteiger partial charge in [-0.2, -0.15) is 13.2 Å². The van der Waals surface area contributed by atoms with E-state index in [1.165, 1.54) is 18.4 Å². The molecule has 8 heteroatoms. The number of nitrogens with one attached hydrogen (secondary N) is 1. The smallest absolute Gasteiger partial charge is 0.416 e. The molecule has 5 nitrogen and oxygen atoms in total. The van der Waals surface area contributed by atoms with Crippen molar-refractivity contribution in [3.8, 4) is 0 Å². The predicted molar refractivity (Wildman–Crippen MR) is 87.6 cm³/mol. The number of morpholine rings is 1.